The van der Waals surface area contributed by atoms with Crippen molar-refractivity contribution in [2.75, 3.05) is 6.61 Å². The molecule has 3 heteroatoms. The molecule has 2 nitrogen and oxygen atoms in total. The molecule has 0 radical (unpaired) electrons. The Morgan fingerprint density at radius 2 is 1.94 bits per heavy atom. The molecular weight excluding hydrogens is 236 g/mol. The molecule has 1 aromatic heterocycles. The number of rotatable bonds is 4. The van der Waals surface area contributed by atoms with Crippen molar-refractivity contribution in [3.05, 3.63) is 53.5 Å². The minimum absolute atomic E-state index is 0.176. The summed E-state index contributed by atoms with van der Waals surface area (Å²) in [6.07, 6.45) is 1.66. The van der Waals surface area contributed by atoms with E-state index < -0.39 is 0 Å². The van der Waals surface area contributed by atoms with E-state index in [4.69, 9.17) is 20.8 Å². The highest BCUT2D eigenvalue weighted by Crippen LogP contribution is 2.32. The molecular formula is C14H15ClO2. The van der Waals surface area contributed by atoms with Gasteiger partial charge in [-0.1, -0.05) is 12.1 Å². The maximum atomic E-state index is 6.41. The lowest BCUT2D eigenvalue weighted by Crippen LogP contribution is -1.95. The number of benzene rings is 1. The van der Waals surface area contributed by atoms with Crippen LogP contribution in [0, 0.1) is 6.92 Å². The molecule has 1 aromatic carbocycles. The van der Waals surface area contributed by atoms with Crippen LogP contribution in [0.4, 0.5) is 0 Å². The Bertz CT molecular complexity index is 473. The smallest absolute Gasteiger partial charge is 0.119 e. The summed E-state index contributed by atoms with van der Waals surface area (Å²) >= 11 is 6.41. The van der Waals surface area contributed by atoms with Crippen LogP contribution in [0.25, 0.3) is 0 Å². The molecule has 0 aliphatic carbocycles. The lowest BCUT2D eigenvalue weighted by Gasteiger charge is -2.10. The Labute approximate surface area is 106 Å². The van der Waals surface area contributed by atoms with Gasteiger partial charge in [-0.2, -0.15) is 0 Å². The number of hydrogen-bond donors (Lipinski definition) is 0. The van der Waals surface area contributed by atoms with Gasteiger partial charge in [0.25, 0.3) is 0 Å². The molecule has 0 fully saturated rings. The molecule has 0 saturated heterocycles. The predicted octanol–water partition coefficient (Wildman–Crippen LogP) is 4.31. The van der Waals surface area contributed by atoms with Crippen molar-refractivity contribution in [1.29, 1.82) is 0 Å². The standard InChI is InChI=1S/C14H15ClO2/c1-3-16-12-6-4-11(5-7-12)14(15)13-8-9-17-10(13)2/h4-9,14H,3H2,1-2H3. The second-order valence-corrected chi connectivity index (χ2v) is 4.23. The lowest BCUT2D eigenvalue weighted by molar-refractivity contribution is 0.340. The summed E-state index contributed by atoms with van der Waals surface area (Å²) in [7, 11) is 0. The van der Waals surface area contributed by atoms with Crippen LogP contribution in [0.5, 0.6) is 5.75 Å². The van der Waals surface area contributed by atoms with Gasteiger partial charge in [0.15, 0.2) is 0 Å². The van der Waals surface area contributed by atoms with Crippen molar-refractivity contribution < 1.29 is 9.15 Å². The van der Waals surface area contributed by atoms with Crippen LogP contribution in [0.2, 0.25) is 0 Å². The summed E-state index contributed by atoms with van der Waals surface area (Å²) in [6.45, 7) is 4.55. The van der Waals surface area contributed by atoms with Crippen LogP contribution in [-0.4, -0.2) is 6.61 Å². The molecule has 17 heavy (non-hydrogen) atoms. The minimum atomic E-state index is -0.176. The topological polar surface area (TPSA) is 22.4 Å². The van der Waals surface area contributed by atoms with Crippen LogP contribution in [-0.2, 0) is 0 Å². The van der Waals surface area contributed by atoms with E-state index in [0.29, 0.717) is 6.61 Å². The molecule has 2 rings (SSSR count). The highest BCUT2D eigenvalue weighted by molar-refractivity contribution is 6.22. The van der Waals surface area contributed by atoms with Gasteiger partial charge in [0.1, 0.15) is 11.5 Å². The predicted molar refractivity (Wildman–Crippen MR) is 68.8 cm³/mol. The van der Waals surface area contributed by atoms with E-state index in [9.17, 15) is 0 Å². The third kappa shape index (κ3) is 2.64. The van der Waals surface area contributed by atoms with Gasteiger partial charge >= 0.3 is 0 Å². The number of alkyl halides is 1. The molecule has 0 bridgehead atoms. The average molecular weight is 251 g/mol. The van der Waals surface area contributed by atoms with Crippen molar-refractivity contribution in [2.45, 2.75) is 19.2 Å². The second-order valence-electron chi connectivity index (χ2n) is 3.80. The van der Waals surface area contributed by atoms with E-state index in [1.54, 1.807) is 6.26 Å². The van der Waals surface area contributed by atoms with Crippen LogP contribution in [0.1, 0.15) is 29.2 Å². The zero-order valence-corrected chi connectivity index (χ0v) is 10.7. The van der Waals surface area contributed by atoms with E-state index in [0.717, 1.165) is 22.6 Å². The fourth-order valence-corrected chi connectivity index (χ4v) is 2.11. The first kappa shape index (κ1) is 12.1. The molecule has 1 atom stereocenters. The Morgan fingerprint density at radius 3 is 2.47 bits per heavy atom. The quantitative estimate of drug-likeness (QED) is 0.755. The van der Waals surface area contributed by atoms with Crippen molar-refractivity contribution in [3.63, 3.8) is 0 Å². The van der Waals surface area contributed by atoms with Crippen molar-refractivity contribution in [3.8, 4) is 5.75 Å². The van der Waals surface area contributed by atoms with Crippen LogP contribution < -0.4 is 4.74 Å². The van der Waals surface area contributed by atoms with E-state index in [2.05, 4.69) is 0 Å². The fourth-order valence-electron chi connectivity index (χ4n) is 1.74. The molecule has 90 valence electrons. The Kier molecular flexibility index (Phi) is 3.75. The molecule has 2 aromatic rings. The summed E-state index contributed by atoms with van der Waals surface area (Å²) < 4.78 is 10.7. The van der Waals surface area contributed by atoms with Crippen molar-refractivity contribution in [2.24, 2.45) is 0 Å². The third-order valence-electron chi connectivity index (χ3n) is 2.66. The first-order valence-electron chi connectivity index (χ1n) is 5.63. The van der Waals surface area contributed by atoms with E-state index in [-0.39, 0.29) is 5.38 Å². The van der Waals surface area contributed by atoms with Crippen LogP contribution in [0.3, 0.4) is 0 Å². The van der Waals surface area contributed by atoms with Gasteiger partial charge in [-0.05, 0) is 37.6 Å². The lowest BCUT2D eigenvalue weighted by atomic mass is 10.1. The minimum Gasteiger partial charge on any atom is -0.494 e. The number of furan rings is 1. The maximum Gasteiger partial charge on any atom is 0.119 e. The van der Waals surface area contributed by atoms with Gasteiger partial charge in [0.2, 0.25) is 0 Å². The molecule has 0 N–H and O–H groups in total. The molecule has 1 heterocycles. The van der Waals surface area contributed by atoms with Gasteiger partial charge in [0.05, 0.1) is 18.2 Å². The molecule has 0 amide bonds. The van der Waals surface area contributed by atoms with Gasteiger partial charge < -0.3 is 9.15 Å². The first-order chi connectivity index (χ1) is 8.22. The monoisotopic (exact) mass is 250 g/mol. The second kappa shape index (κ2) is 5.28. The van der Waals surface area contributed by atoms with Gasteiger partial charge in [-0.15, -0.1) is 11.6 Å². The Balaban J connectivity index is 2.20. The van der Waals surface area contributed by atoms with Crippen LogP contribution in [0.15, 0.2) is 41.0 Å². The molecule has 0 saturated carbocycles. The van der Waals surface area contributed by atoms with Crippen molar-refractivity contribution >= 4 is 11.6 Å². The Hall–Kier alpha value is -1.41. The highest BCUT2D eigenvalue weighted by atomic mass is 35.5. The van der Waals surface area contributed by atoms with Crippen LogP contribution >= 0.6 is 11.6 Å². The highest BCUT2D eigenvalue weighted by Gasteiger charge is 2.14. The normalized spacial score (nSPS) is 12.4. The van der Waals surface area contributed by atoms with Crippen molar-refractivity contribution in [1.82, 2.24) is 0 Å². The van der Waals surface area contributed by atoms with E-state index in [1.807, 2.05) is 44.2 Å². The average Bonchev–Trinajstić information content (AvgIpc) is 2.76. The fraction of sp³-hybridized carbons (Fsp3) is 0.286. The summed E-state index contributed by atoms with van der Waals surface area (Å²) in [5.41, 5.74) is 2.05. The van der Waals surface area contributed by atoms with Gasteiger partial charge in [-0.25, -0.2) is 0 Å². The van der Waals surface area contributed by atoms with E-state index >= 15 is 0 Å². The molecule has 1 unspecified atom stereocenters. The SMILES string of the molecule is CCOc1ccc(C(Cl)c2ccoc2C)cc1. The summed E-state index contributed by atoms with van der Waals surface area (Å²) in [4.78, 5) is 0. The maximum absolute atomic E-state index is 6.41. The number of halogens is 1. The number of ether oxygens (including phenoxy) is 1. The zero-order chi connectivity index (χ0) is 12.3. The zero-order valence-electron chi connectivity index (χ0n) is 9.94. The van der Waals surface area contributed by atoms with E-state index in [1.165, 1.54) is 0 Å². The first-order valence-corrected chi connectivity index (χ1v) is 6.07. The molecule has 0 aliphatic heterocycles. The summed E-state index contributed by atoms with van der Waals surface area (Å²) in [6, 6.07) is 9.74. The molecule has 0 aliphatic rings. The summed E-state index contributed by atoms with van der Waals surface area (Å²) in [5.74, 6) is 1.72. The Morgan fingerprint density at radius 1 is 1.24 bits per heavy atom. The molecule has 0 spiro atoms. The number of aryl methyl sites for hydroxylation is 1. The third-order valence-corrected chi connectivity index (χ3v) is 3.14. The largest absolute Gasteiger partial charge is 0.494 e. The number of hydrogen-bond acceptors (Lipinski definition) is 2. The van der Waals surface area contributed by atoms with Gasteiger partial charge in [0, 0.05) is 5.56 Å². The summed E-state index contributed by atoms with van der Waals surface area (Å²) in [5, 5.41) is -0.176. The van der Waals surface area contributed by atoms with Gasteiger partial charge in [-0.3, -0.25) is 0 Å².